The summed E-state index contributed by atoms with van der Waals surface area (Å²) in [4.78, 5) is 2.43. The van der Waals surface area contributed by atoms with E-state index in [1.807, 2.05) is 12.1 Å². The summed E-state index contributed by atoms with van der Waals surface area (Å²) in [7, 11) is 3.40. The van der Waals surface area contributed by atoms with Crippen LogP contribution in [0.3, 0.4) is 0 Å². The molecule has 1 atom stereocenters. The zero-order valence-corrected chi connectivity index (χ0v) is 13.3. The molecule has 2 rings (SSSR count). The number of hydrogen-bond donors (Lipinski definition) is 1. The summed E-state index contributed by atoms with van der Waals surface area (Å²) in [6.45, 7) is 6.03. The molecule has 1 aromatic carbocycles. The first-order valence-corrected chi connectivity index (χ1v) is 6.73. The Kier molecular flexibility index (Phi) is 6.11. The minimum Gasteiger partial charge on any atom is -0.497 e. The number of halogens is 1. The molecule has 0 aromatic heterocycles. The Hall–Kier alpha value is -0.970. The third-order valence-electron chi connectivity index (χ3n) is 4.01. The van der Waals surface area contributed by atoms with Crippen LogP contribution in [0.25, 0.3) is 0 Å². The molecular formula is C15H25ClN2O2. The molecule has 1 unspecified atom stereocenters. The van der Waals surface area contributed by atoms with Crippen LogP contribution in [-0.2, 0) is 6.54 Å². The van der Waals surface area contributed by atoms with Crippen molar-refractivity contribution in [2.24, 2.45) is 11.1 Å². The molecule has 114 valence electrons. The lowest BCUT2D eigenvalue weighted by molar-refractivity contribution is 0.270. The van der Waals surface area contributed by atoms with Crippen LogP contribution in [0, 0.1) is 5.41 Å². The van der Waals surface area contributed by atoms with Crippen molar-refractivity contribution in [2.45, 2.75) is 19.9 Å². The van der Waals surface area contributed by atoms with Crippen LogP contribution in [0.5, 0.6) is 11.5 Å². The highest BCUT2D eigenvalue weighted by molar-refractivity contribution is 5.85. The van der Waals surface area contributed by atoms with Crippen molar-refractivity contribution in [2.75, 3.05) is 33.9 Å². The molecule has 1 aliphatic rings. The number of nitrogens with two attached hydrogens (primary N) is 1. The highest BCUT2D eigenvalue weighted by atomic mass is 35.5. The van der Waals surface area contributed by atoms with Gasteiger partial charge in [0, 0.05) is 18.7 Å². The largest absolute Gasteiger partial charge is 0.497 e. The van der Waals surface area contributed by atoms with Gasteiger partial charge in [-0.3, -0.25) is 4.90 Å². The van der Waals surface area contributed by atoms with Gasteiger partial charge >= 0.3 is 0 Å². The summed E-state index contributed by atoms with van der Waals surface area (Å²) in [5.41, 5.74) is 7.28. The number of hydrogen-bond acceptors (Lipinski definition) is 4. The number of ether oxygens (including phenoxy) is 2. The van der Waals surface area contributed by atoms with Crippen molar-refractivity contribution in [1.82, 2.24) is 4.90 Å². The van der Waals surface area contributed by atoms with E-state index in [-0.39, 0.29) is 17.8 Å². The highest BCUT2D eigenvalue weighted by Crippen LogP contribution is 2.32. The lowest BCUT2D eigenvalue weighted by atomic mass is 9.90. The van der Waals surface area contributed by atoms with Gasteiger partial charge in [-0.2, -0.15) is 0 Å². The molecule has 1 aliphatic heterocycles. The first kappa shape index (κ1) is 17.1. The Balaban J connectivity index is 0.00000200. The number of rotatable bonds is 5. The van der Waals surface area contributed by atoms with E-state index in [0.717, 1.165) is 44.1 Å². The molecule has 1 saturated heterocycles. The van der Waals surface area contributed by atoms with E-state index in [4.69, 9.17) is 15.2 Å². The second-order valence-electron chi connectivity index (χ2n) is 5.65. The van der Waals surface area contributed by atoms with E-state index in [1.165, 1.54) is 5.56 Å². The molecule has 0 bridgehead atoms. The van der Waals surface area contributed by atoms with Crippen LogP contribution < -0.4 is 15.2 Å². The molecule has 1 heterocycles. The summed E-state index contributed by atoms with van der Waals surface area (Å²) in [6.07, 6.45) is 1.16. The molecule has 0 spiro atoms. The van der Waals surface area contributed by atoms with E-state index in [1.54, 1.807) is 14.2 Å². The van der Waals surface area contributed by atoms with Crippen LogP contribution in [-0.4, -0.2) is 38.8 Å². The third-order valence-corrected chi connectivity index (χ3v) is 4.01. The molecule has 1 aromatic rings. The van der Waals surface area contributed by atoms with Crippen molar-refractivity contribution in [3.8, 4) is 11.5 Å². The average molecular weight is 301 g/mol. The zero-order chi connectivity index (χ0) is 13.9. The van der Waals surface area contributed by atoms with Crippen LogP contribution in [0.2, 0.25) is 0 Å². The first-order valence-electron chi connectivity index (χ1n) is 6.73. The second kappa shape index (κ2) is 7.16. The highest BCUT2D eigenvalue weighted by Gasteiger charge is 2.32. The van der Waals surface area contributed by atoms with E-state index >= 15 is 0 Å². The quantitative estimate of drug-likeness (QED) is 0.906. The predicted molar refractivity (Wildman–Crippen MR) is 83.8 cm³/mol. The number of likely N-dealkylation sites (tertiary alicyclic amines) is 1. The van der Waals surface area contributed by atoms with E-state index in [0.29, 0.717) is 0 Å². The normalized spacial score (nSPS) is 22.4. The van der Waals surface area contributed by atoms with Crippen molar-refractivity contribution in [3.05, 3.63) is 23.8 Å². The summed E-state index contributed by atoms with van der Waals surface area (Å²) in [5.74, 6) is 1.79. The minimum atomic E-state index is 0. The van der Waals surface area contributed by atoms with Gasteiger partial charge in [0.05, 0.1) is 14.2 Å². The lowest BCUT2D eigenvalue weighted by Gasteiger charge is -2.23. The summed E-state index contributed by atoms with van der Waals surface area (Å²) >= 11 is 0. The Morgan fingerprint density at radius 3 is 2.60 bits per heavy atom. The predicted octanol–water partition coefficient (Wildman–Crippen LogP) is 2.30. The second-order valence-corrected chi connectivity index (χ2v) is 5.65. The third kappa shape index (κ3) is 3.78. The fourth-order valence-corrected chi connectivity index (χ4v) is 2.67. The van der Waals surface area contributed by atoms with Crippen molar-refractivity contribution < 1.29 is 9.47 Å². The number of methoxy groups -OCH3 is 2. The molecule has 1 fully saturated rings. The molecule has 0 saturated carbocycles. The van der Waals surface area contributed by atoms with Gasteiger partial charge in [0.15, 0.2) is 0 Å². The SMILES string of the molecule is COc1ccc(OC)c(CN2CCC(C)(CN)C2)c1.Cl. The molecule has 0 aliphatic carbocycles. The van der Waals surface area contributed by atoms with Gasteiger partial charge < -0.3 is 15.2 Å². The Labute approximate surface area is 127 Å². The fraction of sp³-hybridized carbons (Fsp3) is 0.600. The molecule has 5 heteroatoms. The summed E-state index contributed by atoms with van der Waals surface area (Å²) in [6, 6.07) is 5.94. The van der Waals surface area contributed by atoms with Gasteiger partial charge in [0.2, 0.25) is 0 Å². The summed E-state index contributed by atoms with van der Waals surface area (Å²) in [5, 5.41) is 0. The monoisotopic (exact) mass is 300 g/mol. The minimum absolute atomic E-state index is 0. The number of benzene rings is 1. The maximum absolute atomic E-state index is 5.85. The zero-order valence-electron chi connectivity index (χ0n) is 12.5. The summed E-state index contributed by atoms with van der Waals surface area (Å²) < 4.78 is 10.7. The average Bonchev–Trinajstić information content (AvgIpc) is 2.81. The van der Waals surface area contributed by atoms with Gasteiger partial charge in [0.1, 0.15) is 11.5 Å². The molecule has 20 heavy (non-hydrogen) atoms. The van der Waals surface area contributed by atoms with Gasteiger partial charge in [-0.15, -0.1) is 12.4 Å². The van der Waals surface area contributed by atoms with Crippen LogP contribution in [0.15, 0.2) is 18.2 Å². The maximum Gasteiger partial charge on any atom is 0.123 e. The van der Waals surface area contributed by atoms with Crippen molar-refractivity contribution >= 4 is 12.4 Å². The van der Waals surface area contributed by atoms with Crippen LogP contribution >= 0.6 is 12.4 Å². The standard InChI is InChI=1S/C15H24N2O2.ClH/c1-15(10-16)6-7-17(11-15)9-12-8-13(18-2)4-5-14(12)19-3;/h4-5,8H,6-7,9-11,16H2,1-3H3;1H. The van der Waals surface area contributed by atoms with Crippen molar-refractivity contribution in [3.63, 3.8) is 0 Å². The topological polar surface area (TPSA) is 47.7 Å². The maximum atomic E-state index is 5.85. The molecule has 0 amide bonds. The fourth-order valence-electron chi connectivity index (χ4n) is 2.67. The molecular weight excluding hydrogens is 276 g/mol. The van der Waals surface area contributed by atoms with Gasteiger partial charge in [-0.25, -0.2) is 0 Å². The molecule has 0 radical (unpaired) electrons. The van der Waals surface area contributed by atoms with E-state index < -0.39 is 0 Å². The smallest absolute Gasteiger partial charge is 0.123 e. The number of nitrogens with zero attached hydrogens (tertiary/aromatic N) is 1. The lowest BCUT2D eigenvalue weighted by Crippen LogP contribution is -2.31. The Bertz CT molecular complexity index is 442. The van der Waals surface area contributed by atoms with E-state index in [9.17, 15) is 0 Å². The van der Waals surface area contributed by atoms with Crippen LogP contribution in [0.1, 0.15) is 18.9 Å². The van der Waals surface area contributed by atoms with Gasteiger partial charge in [-0.05, 0) is 43.1 Å². The van der Waals surface area contributed by atoms with Crippen LogP contribution in [0.4, 0.5) is 0 Å². The van der Waals surface area contributed by atoms with Gasteiger partial charge in [-0.1, -0.05) is 6.92 Å². The molecule has 4 nitrogen and oxygen atoms in total. The Morgan fingerprint density at radius 1 is 1.30 bits per heavy atom. The Morgan fingerprint density at radius 2 is 2.05 bits per heavy atom. The van der Waals surface area contributed by atoms with E-state index in [2.05, 4.69) is 17.9 Å². The molecule has 2 N–H and O–H groups in total. The van der Waals surface area contributed by atoms with Crippen molar-refractivity contribution in [1.29, 1.82) is 0 Å². The van der Waals surface area contributed by atoms with Gasteiger partial charge in [0.25, 0.3) is 0 Å². The first-order chi connectivity index (χ1) is 9.10.